The Morgan fingerprint density at radius 1 is 1.03 bits per heavy atom. The van der Waals surface area contributed by atoms with Gasteiger partial charge >= 0.3 is 0 Å². The standard InChI is InChI=1S/C22H23N3O4.ClH/c1-15-4-2-3-5-19(15)25-21(27)17-7-6-16(14-18(17)22(25)28)20(26)23-8-9-24-10-12-29-13-11-24;/h2-7,14H,8-13H2,1H3,(H,23,26);1H. The molecule has 0 spiro atoms. The third-order valence-corrected chi connectivity index (χ3v) is 5.32. The molecule has 0 radical (unpaired) electrons. The van der Waals surface area contributed by atoms with Crippen molar-refractivity contribution in [2.75, 3.05) is 44.3 Å². The maximum atomic E-state index is 12.9. The first-order valence-corrected chi connectivity index (χ1v) is 9.73. The molecule has 1 fully saturated rings. The monoisotopic (exact) mass is 429 g/mol. The number of benzene rings is 2. The Morgan fingerprint density at radius 2 is 1.73 bits per heavy atom. The van der Waals surface area contributed by atoms with Gasteiger partial charge in [-0.25, -0.2) is 4.90 Å². The van der Waals surface area contributed by atoms with Crippen LogP contribution in [0.5, 0.6) is 0 Å². The minimum Gasteiger partial charge on any atom is -0.379 e. The molecule has 2 aromatic carbocycles. The zero-order valence-electron chi connectivity index (χ0n) is 16.7. The molecule has 158 valence electrons. The van der Waals surface area contributed by atoms with Crippen molar-refractivity contribution >= 4 is 35.8 Å². The van der Waals surface area contributed by atoms with Crippen LogP contribution in [0.3, 0.4) is 0 Å². The van der Waals surface area contributed by atoms with Gasteiger partial charge in [-0.3, -0.25) is 19.3 Å². The lowest BCUT2D eigenvalue weighted by Gasteiger charge is -2.26. The van der Waals surface area contributed by atoms with E-state index in [0.717, 1.165) is 25.2 Å². The Morgan fingerprint density at radius 3 is 2.47 bits per heavy atom. The molecule has 0 saturated carbocycles. The van der Waals surface area contributed by atoms with Crippen LogP contribution in [0.2, 0.25) is 0 Å². The number of imide groups is 1. The summed E-state index contributed by atoms with van der Waals surface area (Å²) in [6.07, 6.45) is 0. The number of morpholine rings is 1. The van der Waals surface area contributed by atoms with Crippen LogP contribution in [-0.4, -0.2) is 62.0 Å². The molecule has 7 nitrogen and oxygen atoms in total. The third kappa shape index (κ3) is 4.23. The molecular weight excluding hydrogens is 406 g/mol. The summed E-state index contributed by atoms with van der Waals surface area (Å²) in [4.78, 5) is 41.6. The number of ether oxygens (including phenoxy) is 1. The van der Waals surface area contributed by atoms with Crippen molar-refractivity contribution < 1.29 is 19.1 Å². The van der Waals surface area contributed by atoms with E-state index in [1.54, 1.807) is 24.3 Å². The molecule has 0 unspecified atom stereocenters. The Bertz CT molecular complexity index is 973. The smallest absolute Gasteiger partial charge is 0.266 e. The number of rotatable bonds is 5. The summed E-state index contributed by atoms with van der Waals surface area (Å²) in [5, 5.41) is 2.88. The second kappa shape index (κ2) is 9.38. The maximum Gasteiger partial charge on any atom is 0.266 e. The molecule has 2 aromatic rings. The highest BCUT2D eigenvalue weighted by molar-refractivity contribution is 6.35. The van der Waals surface area contributed by atoms with Crippen LogP contribution in [0.1, 0.15) is 36.6 Å². The van der Waals surface area contributed by atoms with E-state index in [-0.39, 0.29) is 29.8 Å². The number of halogens is 1. The molecule has 1 saturated heterocycles. The number of nitrogens with zero attached hydrogens (tertiary/aromatic N) is 2. The van der Waals surface area contributed by atoms with Crippen molar-refractivity contribution in [3.63, 3.8) is 0 Å². The van der Waals surface area contributed by atoms with Gasteiger partial charge in [0.25, 0.3) is 17.7 Å². The molecule has 2 heterocycles. The molecule has 8 heteroatoms. The number of amides is 3. The van der Waals surface area contributed by atoms with E-state index in [1.807, 2.05) is 19.1 Å². The molecular formula is C22H24ClN3O4. The number of anilines is 1. The van der Waals surface area contributed by atoms with Gasteiger partial charge in [-0.15, -0.1) is 12.4 Å². The van der Waals surface area contributed by atoms with Crippen LogP contribution in [0.15, 0.2) is 42.5 Å². The fourth-order valence-electron chi connectivity index (χ4n) is 3.67. The van der Waals surface area contributed by atoms with Crippen LogP contribution in [0, 0.1) is 6.92 Å². The van der Waals surface area contributed by atoms with Crippen molar-refractivity contribution in [3.8, 4) is 0 Å². The van der Waals surface area contributed by atoms with Crippen molar-refractivity contribution in [1.29, 1.82) is 0 Å². The fraction of sp³-hybridized carbons (Fsp3) is 0.318. The van der Waals surface area contributed by atoms with Gasteiger partial charge in [0.05, 0.1) is 30.0 Å². The topological polar surface area (TPSA) is 79.0 Å². The number of carbonyl (C=O) groups is 3. The van der Waals surface area contributed by atoms with Gasteiger partial charge in [0.15, 0.2) is 0 Å². The normalized spacial score (nSPS) is 16.2. The average Bonchev–Trinajstić information content (AvgIpc) is 2.99. The molecule has 30 heavy (non-hydrogen) atoms. The lowest BCUT2D eigenvalue weighted by molar-refractivity contribution is 0.0383. The number of para-hydroxylation sites is 1. The quantitative estimate of drug-likeness (QED) is 0.738. The molecule has 3 amide bonds. The zero-order chi connectivity index (χ0) is 20.4. The number of hydrogen-bond donors (Lipinski definition) is 1. The van der Waals surface area contributed by atoms with Crippen molar-refractivity contribution in [2.24, 2.45) is 0 Å². The molecule has 0 aromatic heterocycles. The maximum absolute atomic E-state index is 12.9. The van der Waals surface area contributed by atoms with Gasteiger partial charge in [0.1, 0.15) is 0 Å². The van der Waals surface area contributed by atoms with Gasteiger partial charge in [-0.05, 0) is 36.8 Å². The highest BCUT2D eigenvalue weighted by Crippen LogP contribution is 2.30. The number of nitrogens with one attached hydrogen (secondary N) is 1. The van der Waals surface area contributed by atoms with E-state index in [1.165, 1.54) is 11.0 Å². The first kappa shape index (κ1) is 22.0. The Labute approximate surface area is 181 Å². The van der Waals surface area contributed by atoms with Crippen LogP contribution in [0.4, 0.5) is 5.69 Å². The van der Waals surface area contributed by atoms with E-state index >= 15 is 0 Å². The number of carbonyl (C=O) groups excluding carboxylic acids is 3. The Kier molecular flexibility index (Phi) is 6.87. The van der Waals surface area contributed by atoms with Crippen LogP contribution in [-0.2, 0) is 4.74 Å². The largest absolute Gasteiger partial charge is 0.379 e. The predicted molar refractivity (Wildman–Crippen MR) is 116 cm³/mol. The lowest BCUT2D eigenvalue weighted by Crippen LogP contribution is -2.41. The number of hydrogen-bond acceptors (Lipinski definition) is 5. The van der Waals surface area contributed by atoms with Gasteiger partial charge < -0.3 is 10.1 Å². The third-order valence-electron chi connectivity index (χ3n) is 5.32. The molecule has 2 aliphatic heterocycles. The van der Waals surface area contributed by atoms with Crippen LogP contribution in [0.25, 0.3) is 0 Å². The van der Waals surface area contributed by atoms with Crippen molar-refractivity contribution in [1.82, 2.24) is 10.2 Å². The average molecular weight is 430 g/mol. The number of aryl methyl sites for hydroxylation is 1. The van der Waals surface area contributed by atoms with E-state index in [2.05, 4.69) is 10.2 Å². The molecule has 0 atom stereocenters. The Balaban J connectivity index is 0.00000256. The second-order valence-electron chi connectivity index (χ2n) is 7.20. The van der Waals surface area contributed by atoms with Gasteiger partial charge in [-0.1, -0.05) is 18.2 Å². The summed E-state index contributed by atoms with van der Waals surface area (Å²) in [5.74, 6) is -1.02. The van der Waals surface area contributed by atoms with E-state index in [4.69, 9.17) is 4.74 Å². The molecule has 1 N–H and O–H groups in total. The summed E-state index contributed by atoms with van der Waals surface area (Å²) in [6, 6.07) is 11.9. The van der Waals surface area contributed by atoms with E-state index < -0.39 is 5.91 Å². The first-order valence-electron chi connectivity index (χ1n) is 9.73. The van der Waals surface area contributed by atoms with E-state index in [0.29, 0.717) is 36.6 Å². The SMILES string of the molecule is Cc1ccccc1N1C(=O)c2ccc(C(=O)NCCN3CCOCC3)cc2C1=O.Cl. The fourth-order valence-corrected chi connectivity index (χ4v) is 3.67. The molecule has 4 rings (SSSR count). The number of fused-ring (bicyclic) bond motifs is 1. The van der Waals surface area contributed by atoms with Gasteiger partial charge in [0.2, 0.25) is 0 Å². The minimum absolute atomic E-state index is 0. The summed E-state index contributed by atoms with van der Waals surface area (Å²) in [7, 11) is 0. The molecule has 0 bridgehead atoms. The highest BCUT2D eigenvalue weighted by atomic mass is 35.5. The van der Waals surface area contributed by atoms with Crippen molar-refractivity contribution in [3.05, 3.63) is 64.7 Å². The minimum atomic E-state index is -0.401. The van der Waals surface area contributed by atoms with E-state index in [9.17, 15) is 14.4 Å². The first-order chi connectivity index (χ1) is 14.1. The molecule has 0 aliphatic carbocycles. The van der Waals surface area contributed by atoms with Gasteiger partial charge in [0, 0.05) is 31.7 Å². The van der Waals surface area contributed by atoms with Crippen LogP contribution < -0.4 is 10.2 Å². The Hall–Kier alpha value is -2.74. The summed E-state index contributed by atoms with van der Waals surface area (Å²) >= 11 is 0. The summed E-state index contributed by atoms with van der Waals surface area (Å²) in [5.41, 5.74) is 2.36. The second-order valence-corrected chi connectivity index (χ2v) is 7.20. The lowest BCUT2D eigenvalue weighted by atomic mass is 10.1. The van der Waals surface area contributed by atoms with Crippen molar-refractivity contribution in [2.45, 2.75) is 6.92 Å². The zero-order valence-corrected chi connectivity index (χ0v) is 17.5. The highest BCUT2D eigenvalue weighted by Gasteiger charge is 2.37. The van der Waals surface area contributed by atoms with Crippen LogP contribution >= 0.6 is 12.4 Å². The summed E-state index contributed by atoms with van der Waals surface area (Å²) < 4.78 is 5.31. The summed E-state index contributed by atoms with van der Waals surface area (Å²) in [6.45, 7) is 6.27. The van der Waals surface area contributed by atoms with Gasteiger partial charge in [-0.2, -0.15) is 0 Å². The molecule has 2 aliphatic rings. The predicted octanol–water partition coefficient (Wildman–Crippen LogP) is 2.28.